The van der Waals surface area contributed by atoms with E-state index in [-0.39, 0.29) is 11.6 Å². The molecule has 35 heavy (non-hydrogen) atoms. The number of hydrogen-bond donors (Lipinski definition) is 1. The molecule has 2 heterocycles. The van der Waals surface area contributed by atoms with Gasteiger partial charge < -0.3 is 5.32 Å². The minimum atomic E-state index is -0.410. The average Bonchev–Trinajstić information content (AvgIpc) is 3.36. The zero-order chi connectivity index (χ0) is 24.5. The first-order valence-corrected chi connectivity index (χ1v) is 13.0. The second kappa shape index (κ2) is 9.65. The Bertz CT molecular complexity index is 1510. The number of nitro groups is 1. The summed E-state index contributed by atoms with van der Waals surface area (Å²) < 4.78 is 1.76. The SMILES string of the molecule is Cc1cc(C)cc(N=C2NC(=O)/C(=C/c3ccc(Sc4nc5ccccc5s4)c([N+](=O)[O-])c3)S2)c1. The van der Waals surface area contributed by atoms with E-state index in [2.05, 4.69) is 21.4 Å². The third-order valence-corrected chi connectivity index (χ3v) is 8.11. The third kappa shape index (κ3) is 5.29. The fraction of sp³-hybridized carbons (Fsp3) is 0.0800. The number of hydrogen-bond acceptors (Lipinski definition) is 8. The number of amidine groups is 1. The minimum absolute atomic E-state index is 0.0314. The smallest absolute Gasteiger partial charge is 0.283 e. The van der Waals surface area contributed by atoms with Gasteiger partial charge in [0.25, 0.3) is 11.6 Å². The Labute approximate surface area is 213 Å². The maximum atomic E-state index is 12.5. The summed E-state index contributed by atoms with van der Waals surface area (Å²) in [4.78, 5) is 33.9. The molecule has 0 unspecified atom stereocenters. The minimum Gasteiger partial charge on any atom is -0.300 e. The lowest BCUT2D eigenvalue weighted by atomic mass is 10.1. The van der Waals surface area contributed by atoms with Gasteiger partial charge in [-0.2, -0.15) is 0 Å². The second-order valence-corrected chi connectivity index (χ2v) is 11.2. The monoisotopic (exact) mass is 518 g/mol. The summed E-state index contributed by atoms with van der Waals surface area (Å²) >= 11 is 3.97. The lowest BCUT2D eigenvalue weighted by Crippen LogP contribution is -2.19. The maximum absolute atomic E-state index is 12.5. The van der Waals surface area contributed by atoms with Crippen molar-refractivity contribution in [3.63, 3.8) is 0 Å². The topological polar surface area (TPSA) is 97.5 Å². The van der Waals surface area contributed by atoms with E-state index < -0.39 is 4.92 Å². The van der Waals surface area contributed by atoms with E-state index in [0.717, 1.165) is 31.4 Å². The number of rotatable bonds is 5. The van der Waals surface area contributed by atoms with Gasteiger partial charge in [0.05, 0.1) is 30.6 Å². The largest absolute Gasteiger partial charge is 0.300 e. The fourth-order valence-electron chi connectivity index (χ4n) is 3.61. The summed E-state index contributed by atoms with van der Waals surface area (Å²) in [5.74, 6) is -0.284. The van der Waals surface area contributed by atoms with E-state index in [1.807, 2.05) is 50.2 Å². The molecule has 5 rings (SSSR count). The first-order chi connectivity index (χ1) is 16.8. The predicted octanol–water partition coefficient (Wildman–Crippen LogP) is 6.86. The summed E-state index contributed by atoms with van der Waals surface area (Å²) in [5, 5.41) is 15.0. The van der Waals surface area contributed by atoms with Crippen LogP contribution in [-0.2, 0) is 4.79 Å². The molecular formula is C25H18N4O3S3. The molecule has 1 amide bonds. The van der Waals surface area contributed by atoms with Crippen LogP contribution in [0.3, 0.4) is 0 Å². The third-order valence-electron chi connectivity index (χ3n) is 5.04. The van der Waals surface area contributed by atoms with Crippen LogP contribution in [0.2, 0.25) is 0 Å². The Morgan fingerprint density at radius 2 is 1.86 bits per heavy atom. The number of benzene rings is 3. The average molecular weight is 519 g/mol. The van der Waals surface area contributed by atoms with E-state index >= 15 is 0 Å². The van der Waals surface area contributed by atoms with E-state index in [0.29, 0.717) is 20.5 Å². The lowest BCUT2D eigenvalue weighted by molar-refractivity contribution is -0.387. The Hall–Kier alpha value is -3.47. The van der Waals surface area contributed by atoms with Gasteiger partial charge in [-0.3, -0.25) is 14.9 Å². The number of thiazole rings is 1. The number of aryl methyl sites for hydroxylation is 2. The van der Waals surface area contributed by atoms with Crippen LogP contribution in [-0.4, -0.2) is 21.0 Å². The molecule has 0 aliphatic carbocycles. The van der Waals surface area contributed by atoms with E-state index in [1.54, 1.807) is 18.2 Å². The Balaban J connectivity index is 1.40. The number of carbonyl (C=O) groups excluding carboxylic acids is 1. The van der Waals surface area contributed by atoms with Crippen LogP contribution in [0.15, 0.2) is 79.8 Å². The molecule has 3 aromatic carbocycles. The molecule has 1 saturated heterocycles. The van der Waals surface area contributed by atoms with Crippen LogP contribution in [0.1, 0.15) is 16.7 Å². The highest BCUT2D eigenvalue weighted by Crippen LogP contribution is 2.39. The molecule has 10 heteroatoms. The fourth-order valence-corrected chi connectivity index (χ4v) is 6.56. The van der Waals surface area contributed by atoms with Crippen molar-refractivity contribution in [2.24, 2.45) is 4.99 Å². The van der Waals surface area contributed by atoms with Crippen LogP contribution < -0.4 is 5.32 Å². The first kappa shape index (κ1) is 23.3. The molecule has 4 aromatic rings. The Morgan fingerprint density at radius 1 is 1.09 bits per heavy atom. The molecular weight excluding hydrogens is 501 g/mol. The number of nitrogens with zero attached hydrogens (tertiary/aromatic N) is 3. The highest BCUT2D eigenvalue weighted by Gasteiger charge is 2.25. The molecule has 1 aromatic heterocycles. The molecule has 1 aliphatic heterocycles. The second-order valence-electron chi connectivity index (χ2n) is 7.86. The molecule has 174 valence electrons. The summed E-state index contributed by atoms with van der Waals surface area (Å²) in [6.45, 7) is 3.99. The number of fused-ring (bicyclic) bond motifs is 1. The van der Waals surface area contributed by atoms with Gasteiger partial charge >= 0.3 is 0 Å². The number of carbonyl (C=O) groups is 1. The van der Waals surface area contributed by atoms with Gasteiger partial charge in [-0.25, -0.2) is 9.98 Å². The standard InChI is InChI=1S/C25H18N4O3S3/c1-14-9-15(2)11-17(10-14)26-24-28-23(30)22(33-24)13-16-7-8-21(19(12-16)29(31)32)35-25-27-18-5-3-4-6-20(18)34-25/h3-13H,1-2H3,(H,26,28,30)/b22-13-. The molecule has 1 N–H and O–H groups in total. The van der Waals surface area contributed by atoms with E-state index in [1.165, 1.54) is 40.9 Å². The summed E-state index contributed by atoms with van der Waals surface area (Å²) in [6.07, 6.45) is 1.64. The number of aromatic nitrogens is 1. The zero-order valence-corrected chi connectivity index (χ0v) is 21.1. The van der Waals surface area contributed by atoms with Gasteiger partial charge in [-0.15, -0.1) is 11.3 Å². The highest BCUT2D eigenvalue weighted by molar-refractivity contribution is 8.18. The number of amides is 1. The zero-order valence-electron chi connectivity index (χ0n) is 18.6. The normalized spacial score (nSPS) is 15.8. The van der Waals surface area contributed by atoms with Crippen LogP contribution in [0, 0.1) is 24.0 Å². The molecule has 1 aliphatic rings. The number of aliphatic imine (C=N–C) groups is 1. The summed E-state index contributed by atoms with van der Waals surface area (Å²) in [7, 11) is 0. The van der Waals surface area contributed by atoms with Crippen molar-refractivity contribution >= 4 is 73.6 Å². The maximum Gasteiger partial charge on any atom is 0.283 e. The first-order valence-electron chi connectivity index (χ1n) is 10.5. The highest BCUT2D eigenvalue weighted by atomic mass is 32.2. The van der Waals surface area contributed by atoms with Crippen LogP contribution in [0.4, 0.5) is 11.4 Å². The summed E-state index contributed by atoms with van der Waals surface area (Å²) in [5.41, 5.74) is 4.34. The molecule has 0 spiro atoms. The van der Waals surface area contributed by atoms with Gasteiger partial charge in [0.2, 0.25) is 0 Å². The van der Waals surface area contributed by atoms with Crippen molar-refractivity contribution in [3.05, 3.63) is 92.4 Å². The van der Waals surface area contributed by atoms with Gasteiger partial charge in [0.1, 0.15) is 0 Å². The van der Waals surface area contributed by atoms with Crippen molar-refractivity contribution in [1.82, 2.24) is 10.3 Å². The van der Waals surface area contributed by atoms with Gasteiger partial charge in [-0.1, -0.05) is 36.0 Å². The summed E-state index contributed by atoms with van der Waals surface area (Å²) in [6, 6.07) is 18.6. The lowest BCUT2D eigenvalue weighted by Gasteiger charge is -2.02. The molecule has 0 saturated carbocycles. The number of nitrogens with one attached hydrogen (secondary N) is 1. The molecule has 1 fully saturated rings. The quantitative estimate of drug-likeness (QED) is 0.176. The van der Waals surface area contributed by atoms with Crippen molar-refractivity contribution in [3.8, 4) is 0 Å². The van der Waals surface area contributed by atoms with Crippen molar-refractivity contribution in [2.45, 2.75) is 23.1 Å². The van der Waals surface area contributed by atoms with Crippen molar-refractivity contribution in [1.29, 1.82) is 0 Å². The number of thioether (sulfide) groups is 1. The number of nitro benzene ring substituents is 1. The van der Waals surface area contributed by atoms with Crippen LogP contribution in [0.5, 0.6) is 0 Å². The Morgan fingerprint density at radius 3 is 2.60 bits per heavy atom. The molecule has 0 radical (unpaired) electrons. The predicted molar refractivity (Wildman–Crippen MR) is 144 cm³/mol. The van der Waals surface area contributed by atoms with Crippen LogP contribution >= 0.6 is 34.9 Å². The van der Waals surface area contributed by atoms with Gasteiger partial charge in [0.15, 0.2) is 9.51 Å². The van der Waals surface area contributed by atoms with Crippen LogP contribution in [0.25, 0.3) is 16.3 Å². The molecule has 0 atom stereocenters. The molecule has 0 bridgehead atoms. The van der Waals surface area contributed by atoms with Gasteiger partial charge in [0, 0.05) is 6.07 Å². The van der Waals surface area contributed by atoms with Gasteiger partial charge in [-0.05, 0) is 78.7 Å². The van der Waals surface area contributed by atoms with Crippen molar-refractivity contribution in [2.75, 3.05) is 0 Å². The van der Waals surface area contributed by atoms with E-state index in [9.17, 15) is 14.9 Å². The number of para-hydroxylation sites is 1. The molecule has 7 nitrogen and oxygen atoms in total. The Kier molecular flexibility index (Phi) is 6.42. The van der Waals surface area contributed by atoms with Crippen molar-refractivity contribution < 1.29 is 9.72 Å². The van der Waals surface area contributed by atoms with E-state index in [4.69, 9.17) is 0 Å².